The average Bonchev–Trinajstić information content (AvgIpc) is 2.93. The van der Waals surface area contributed by atoms with Crippen molar-refractivity contribution in [3.8, 4) is 0 Å². The molecular formula is C18H20N2O. The maximum absolute atomic E-state index is 6.10. The van der Waals surface area contributed by atoms with Gasteiger partial charge in [-0.05, 0) is 43.1 Å². The third-order valence-electron chi connectivity index (χ3n) is 3.72. The molecule has 1 atom stereocenters. The van der Waals surface area contributed by atoms with Crippen LogP contribution in [0.15, 0.2) is 53.2 Å². The normalized spacial score (nSPS) is 12.7. The van der Waals surface area contributed by atoms with E-state index in [1.807, 2.05) is 12.3 Å². The number of pyridine rings is 1. The maximum Gasteiger partial charge on any atom is 0.137 e. The molecule has 2 aromatic heterocycles. The van der Waals surface area contributed by atoms with Gasteiger partial charge in [-0.25, -0.2) is 0 Å². The Hall–Kier alpha value is -2.13. The van der Waals surface area contributed by atoms with Gasteiger partial charge in [0.1, 0.15) is 11.3 Å². The van der Waals surface area contributed by atoms with E-state index in [0.717, 1.165) is 24.3 Å². The van der Waals surface area contributed by atoms with Crippen molar-refractivity contribution in [3.63, 3.8) is 0 Å². The number of para-hydroxylation sites is 1. The first-order chi connectivity index (χ1) is 10.3. The van der Waals surface area contributed by atoms with Crippen molar-refractivity contribution >= 4 is 11.0 Å². The number of nitrogens with zero attached hydrogens (tertiary/aromatic N) is 1. The fourth-order valence-corrected chi connectivity index (χ4v) is 2.67. The van der Waals surface area contributed by atoms with Gasteiger partial charge < -0.3 is 9.73 Å². The van der Waals surface area contributed by atoms with E-state index < -0.39 is 0 Å². The summed E-state index contributed by atoms with van der Waals surface area (Å²) in [7, 11) is 0. The third kappa shape index (κ3) is 2.98. The number of aromatic nitrogens is 1. The zero-order chi connectivity index (χ0) is 14.7. The molecule has 1 N–H and O–H groups in total. The minimum atomic E-state index is 0.172. The van der Waals surface area contributed by atoms with Crippen molar-refractivity contribution in [2.24, 2.45) is 0 Å². The smallest absolute Gasteiger partial charge is 0.137 e. The van der Waals surface area contributed by atoms with Crippen LogP contribution in [0.4, 0.5) is 0 Å². The van der Waals surface area contributed by atoms with Gasteiger partial charge in [0.15, 0.2) is 0 Å². The predicted octanol–water partition coefficient (Wildman–Crippen LogP) is 4.03. The van der Waals surface area contributed by atoms with Gasteiger partial charge in [0.05, 0.1) is 6.04 Å². The van der Waals surface area contributed by atoms with E-state index in [-0.39, 0.29) is 6.04 Å². The summed E-state index contributed by atoms with van der Waals surface area (Å²) in [4.78, 5) is 4.19. The van der Waals surface area contributed by atoms with Crippen LogP contribution in [-0.2, 0) is 6.42 Å². The molecule has 0 amide bonds. The Morgan fingerprint density at radius 1 is 1.24 bits per heavy atom. The van der Waals surface area contributed by atoms with Gasteiger partial charge in [0.2, 0.25) is 0 Å². The van der Waals surface area contributed by atoms with E-state index >= 15 is 0 Å². The summed E-state index contributed by atoms with van der Waals surface area (Å²) in [6, 6.07) is 12.6. The number of aryl methyl sites for hydroxylation is 1. The molecule has 0 saturated heterocycles. The molecular weight excluding hydrogens is 260 g/mol. The molecule has 0 aliphatic heterocycles. The molecule has 21 heavy (non-hydrogen) atoms. The Kier molecular flexibility index (Phi) is 4.02. The minimum absolute atomic E-state index is 0.172. The number of fused-ring (bicyclic) bond motifs is 1. The number of hydrogen-bond acceptors (Lipinski definition) is 3. The van der Waals surface area contributed by atoms with Gasteiger partial charge in [-0.15, -0.1) is 0 Å². The Labute approximate surface area is 125 Å². The molecule has 3 nitrogen and oxygen atoms in total. The van der Waals surface area contributed by atoms with Crippen LogP contribution >= 0.6 is 0 Å². The van der Waals surface area contributed by atoms with Gasteiger partial charge >= 0.3 is 0 Å². The highest BCUT2D eigenvalue weighted by Crippen LogP contribution is 2.28. The van der Waals surface area contributed by atoms with Crippen molar-refractivity contribution in [1.82, 2.24) is 10.3 Å². The molecule has 3 heteroatoms. The number of nitrogens with one attached hydrogen (secondary N) is 1. The van der Waals surface area contributed by atoms with Crippen LogP contribution in [0.3, 0.4) is 0 Å². The number of hydrogen-bond donors (Lipinski definition) is 1. The molecule has 0 spiro atoms. The fraction of sp³-hybridized carbons (Fsp3) is 0.278. The summed E-state index contributed by atoms with van der Waals surface area (Å²) in [5.74, 6) is 0.991. The number of furan rings is 1. The summed E-state index contributed by atoms with van der Waals surface area (Å²) < 4.78 is 6.10. The number of likely N-dealkylation sites (N-methyl/N-ethyl adjacent to an activating group) is 1. The van der Waals surface area contributed by atoms with Gasteiger partial charge in [0, 0.05) is 17.8 Å². The summed E-state index contributed by atoms with van der Waals surface area (Å²) in [6.45, 7) is 5.10. The first-order valence-corrected chi connectivity index (χ1v) is 7.39. The monoisotopic (exact) mass is 280 g/mol. The van der Waals surface area contributed by atoms with Crippen LogP contribution < -0.4 is 5.32 Å². The topological polar surface area (TPSA) is 38.1 Å². The Morgan fingerprint density at radius 2 is 2.14 bits per heavy atom. The lowest BCUT2D eigenvalue weighted by molar-refractivity contribution is 0.434. The lowest BCUT2D eigenvalue weighted by Crippen LogP contribution is -2.22. The standard InChI is InChI=1S/C18H20N2O/c1-3-20-16(10-14-7-5-9-19-12-14)17-11-15-8-4-6-13(2)18(15)21-17/h4-9,11-12,16,20H,3,10H2,1-2H3. The molecule has 0 aliphatic carbocycles. The van der Waals surface area contributed by atoms with Crippen LogP contribution in [0, 0.1) is 6.92 Å². The second-order valence-electron chi connectivity index (χ2n) is 5.32. The van der Waals surface area contributed by atoms with Crippen LogP contribution in [0.2, 0.25) is 0 Å². The van der Waals surface area contributed by atoms with Gasteiger partial charge in [-0.3, -0.25) is 4.98 Å². The molecule has 108 valence electrons. The summed E-state index contributed by atoms with van der Waals surface area (Å²) in [5.41, 5.74) is 3.37. The second kappa shape index (κ2) is 6.10. The molecule has 0 fully saturated rings. The first-order valence-electron chi connectivity index (χ1n) is 7.39. The zero-order valence-electron chi connectivity index (χ0n) is 12.5. The van der Waals surface area contributed by atoms with Gasteiger partial charge in [0.25, 0.3) is 0 Å². The molecule has 0 radical (unpaired) electrons. The van der Waals surface area contributed by atoms with E-state index in [9.17, 15) is 0 Å². The fourth-order valence-electron chi connectivity index (χ4n) is 2.67. The lowest BCUT2D eigenvalue weighted by atomic mass is 10.1. The minimum Gasteiger partial charge on any atom is -0.459 e. The SMILES string of the molecule is CCNC(Cc1cccnc1)c1cc2cccc(C)c2o1. The lowest BCUT2D eigenvalue weighted by Gasteiger charge is -2.15. The van der Waals surface area contributed by atoms with E-state index in [2.05, 4.69) is 54.5 Å². The molecule has 0 aliphatic rings. The second-order valence-corrected chi connectivity index (χ2v) is 5.32. The molecule has 3 rings (SSSR count). The van der Waals surface area contributed by atoms with Crippen molar-refractivity contribution < 1.29 is 4.42 Å². The van der Waals surface area contributed by atoms with Crippen LogP contribution in [0.1, 0.15) is 29.9 Å². The van der Waals surface area contributed by atoms with Crippen LogP contribution in [0.25, 0.3) is 11.0 Å². The molecule has 1 aromatic carbocycles. The van der Waals surface area contributed by atoms with Crippen molar-refractivity contribution in [1.29, 1.82) is 0 Å². The molecule has 0 saturated carbocycles. The summed E-state index contributed by atoms with van der Waals surface area (Å²) in [5, 5.41) is 4.67. The van der Waals surface area contributed by atoms with E-state index in [0.29, 0.717) is 0 Å². The highest BCUT2D eigenvalue weighted by molar-refractivity contribution is 5.81. The predicted molar refractivity (Wildman–Crippen MR) is 85.3 cm³/mol. The Morgan fingerprint density at radius 3 is 2.86 bits per heavy atom. The number of benzene rings is 1. The van der Waals surface area contributed by atoms with E-state index in [1.165, 1.54) is 16.5 Å². The molecule has 0 bridgehead atoms. The first kappa shape index (κ1) is 13.8. The van der Waals surface area contributed by atoms with Crippen molar-refractivity contribution in [2.45, 2.75) is 26.3 Å². The van der Waals surface area contributed by atoms with E-state index in [1.54, 1.807) is 6.20 Å². The maximum atomic E-state index is 6.10. The Bertz CT molecular complexity index is 718. The highest BCUT2D eigenvalue weighted by Gasteiger charge is 2.16. The highest BCUT2D eigenvalue weighted by atomic mass is 16.3. The Balaban J connectivity index is 1.93. The third-order valence-corrected chi connectivity index (χ3v) is 3.72. The largest absolute Gasteiger partial charge is 0.459 e. The molecule has 1 unspecified atom stereocenters. The molecule has 3 aromatic rings. The quantitative estimate of drug-likeness (QED) is 0.766. The summed E-state index contributed by atoms with van der Waals surface area (Å²) >= 11 is 0. The van der Waals surface area contributed by atoms with Crippen molar-refractivity contribution in [2.75, 3.05) is 6.54 Å². The van der Waals surface area contributed by atoms with Crippen molar-refractivity contribution in [3.05, 3.63) is 65.7 Å². The molecule has 2 heterocycles. The van der Waals surface area contributed by atoms with Gasteiger partial charge in [-0.2, -0.15) is 0 Å². The zero-order valence-corrected chi connectivity index (χ0v) is 12.5. The van der Waals surface area contributed by atoms with Gasteiger partial charge in [-0.1, -0.05) is 31.2 Å². The summed E-state index contributed by atoms with van der Waals surface area (Å²) in [6.07, 6.45) is 4.59. The number of rotatable bonds is 5. The average molecular weight is 280 g/mol. The van der Waals surface area contributed by atoms with Crippen LogP contribution in [-0.4, -0.2) is 11.5 Å². The van der Waals surface area contributed by atoms with Crippen LogP contribution in [0.5, 0.6) is 0 Å². The van der Waals surface area contributed by atoms with E-state index in [4.69, 9.17) is 4.42 Å².